The van der Waals surface area contributed by atoms with E-state index >= 15 is 0 Å². The molecule has 0 bridgehead atoms. The smallest absolute Gasteiger partial charge is 0.139 e. The molecule has 3 heterocycles. The minimum absolute atomic E-state index is 0.0399. The first-order chi connectivity index (χ1) is 7.84. The molecular formula is C11H12FN3O. The Morgan fingerprint density at radius 1 is 1.50 bits per heavy atom. The van der Waals surface area contributed by atoms with Crippen molar-refractivity contribution in [2.45, 2.75) is 6.04 Å². The highest BCUT2D eigenvalue weighted by Gasteiger charge is 2.19. The molecule has 3 rings (SSSR count). The number of pyridine rings is 1. The van der Waals surface area contributed by atoms with E-state index in [9.17, 15) is 4.39 Å². The molecule has 0 amide bonds. The van der Waals surface area contributed by atoms with Crippen molar-refractivity contribution in [1.82, 2.24) is 14.7 Å². The van der Waals surface area contributed by atoms with Gasteiger partial charge in [0, 0.05) is 12.7 Å². The minimum Gasteiger partial charge on any atom is -0.378 e. The lowest BCUT2D eigenvalue weighted by Crippen LogP contribution is -2.35. The molecule has 0 spiro atoms. The fourth-order valence-corrected chi connectivity index (χ4v) is 1.97. The lowest BCUT2D eigenvalue weighted by molar-refractivity contribution is 0.0740. The van der Waals surface area contributed by atoms with Crippen molar-refractivity contribution in [2.75, 3.05) is 19.8 Å². The molecule has 1 unspecified atom stereocenters. The first kappa shape index (κ1) is 9.74. The van der Waals surface area contributed by atoms with E-state index in [2.05, 4.69) is 10.3 Å². The molecule has 0 aliphatic carbocycles. The normalized spacial score (nSPS) is 21.4. The molecule has 5 heteroatoms. The molecule has 1 aliphatic heterocycles. The largest absolute Gasteiger partial charge is 0.378 e. The van der Waals surface area contributed by atoms with Gasteiger partial charge in [-0.25, -0.2) is 9.37 Å². The summed E-state index contributed by atoms with van der Waals surface area (Å²) in [6, 6.07) is 3.19. The third-order valence-corrected chi connectivity index (χ3v) is 2.75. The average Bonchev–Trinajstić information content (AvgIpc) is 2.73. The van der Waals surface area contributed by atoms with Gasteiger partial charge in [-0.1, -0.05) is 0 Å². The van der Waals surface area contributed by atoms with Gasteiger partial charge in [-0.05, 0) is 12.1 Å². The van der Waals surface area contributed by atoms with Gasteiger partial charge in [-0.3, -0.25) is 4.40 Å². The van der Waals surface area contributed by atoms with Crippen LogP contribution in [0.4, 0.5) is 4.39 Å². The molecule has 0 aromatic carbocycles. The SMILES string of the molecule is Fc1ccc2cnc(C3COCCN3)n2c1. The van der Waals surface area contributed by atoms with Gasteiger partial charge in [0.2, 0.25) is 0 Å². The predicted molar refractivity (Wildman–Crippen MR) is 56.7 cm³/mol. The summed E-state index contributed by atoms with van der Waals surface area (Å²) in [5, 5.41) is 3.30. The van der Waals surface area contributed by atoms with Crippen LogP contribution in [-0.4, -0.2) is 29.1 Å². The Morgan fingerprint density at radius 2 is 2.44 bits per heavy atom. The highest BCUT2D eigenvalue weighted by Crippen LogP contribution is 2.17. The predicted octanol–water partition coefficient (Wildman–Crippen LogP) is 1.13. The Balaban J connectivity index is 2.05. The third kappa shape index (κ3) is 1.58. The Hall–Kier alpha value is -1.46. The fraction of sp³-hybridized carbons (Fsp3) is 0.364. The summed E-state index contributed by atoms with van der Waals surface area (Å²) < 4.78 is 20.3. The maximum atomic E-state index is 13.2. The number of hydrogen-bond donors (Lipinski definition) is 1. The first-order valence-electron chi connectivity index (χ1n) is 5.28. The van der Waals surface area contributed by atoms with Gasteiger partial charge < -0.3 is 10.1 Å². The van der Waals surface area contributed by atoms with Crippen molar-refractivity contribution in [3.8, 4) is 0 Å². The van der Waals surface area contributed by atoms with Crippen LogP contribution in [0.5, 0.6) is 0 Å². The number of nitrogens with zero attached hydrogens (tertiary/aromatic N) is 2. The standard InChI is InChI=1S/C11H12FN3O/c12-8-1-2-9-5-14-11(15(9)6-8)10-7-16-4-3-13-10/h1-2,5-6,10,13H,3-4,7H2. The molecular weight excluding hydrogens is 209 g/mol. The summed E-state index contributed by atoms with van der Waals surface area (Å²) in [5.74, 6) is 0.540. The third-order valence-electron chi connectivity index (χ3n) is 2.75. The fourth-order valence-electron chi connectivity index (χ4n) is 1.97. The van der Waals surface area contributed by atoms with Crippen LogP contribution in [-0.2, 0) is 4.74 Å². The van der Waals surface area contributed by atoms with E-state index in [1.54, 1.807) is 16.7 Å². The number of nitrogens with one attached hydrogen (secondary N) is 1. The van der Waals surface area contributed by atoms with E-state index in [4.69, 9.17) is 4.74 Å². The van der Waals surface area contributed by atoms with Crippen LogP contribution in [0.2, 0.25) is 0 Å². The van der Waals surface area contributed by atoms with E-state index < -0.39 is 0 Å². The molecule has 0 saturated carbocycles. The lowest BCUT2D eigenvalue weighted by atomic mass is 10.2. The van der Waals surface area contributed by atoms with Crippen molar-refractivity contribution < 1.29 is 9.13 Å². The van der Waals surface area contributed by atoms with E-state index in [1.807, 2.05) is 0 Å². The molecule has 2 aromatic heterocycles. The molecule has 84 valence electrons. The van der Waals surface area contributed by atoms with E-state index in [-0.39, 0.29) is 11.9 Å². The number of ether oxygens (including phenoxy) is 1. The van der Waals surface area contributed by atoms with Gasteiger partial charge in [0.15, 0.2) is 0 Å². The Morgan fingerprint density at radius 3 is 3.25 bits per heavy atom. The van der Waals surface area contributed by atoms with E-state index in [0.717, 1.165) is 17.9 Å². The number of halogens is 1. The zero-order valence-corrected chi connectivity index (χ0v) is 8.69. The van der Waals surface area contributed by atoms with Crippen LogP contribution in [0.15, 0.2) is 24.5 Å². The van der Waals surface area contributed by atoms with Gasteiger partial charge in [0.25, 0.3) is 0 Å². The second-order valence-corrected chi connectivity index (χ2v) is 3.84. The highest BCUT2D eigenvalue weighted by atomic mass is 19.1. The van der Waals surface area contributed by atoms with Gasteiger partial charge in [-0.2, -0.15) is 0 Å². The number of rotatable bonds is 1. The number of fused-ring (bicyclic) bond motifs is 1. The van der Waals surface area contributed by atoms with Crippen molar-refractivity contribution in [3.05, 3.63) is 36.2 Å². The molecule has 1 N–H and O–H groups in total. The van der Waals surface area contributed by atoms with Crippen LogP contribution in [0.3, 0.4) is 0 Å². The van der Waals surface area contributed by atoms with Gasteiger partial charge in [0.05, 0.1) is 31.0 Å². The zero-order chi connectivity index (χ0) is 11.0. The monoisotopic (exact) mass is 221 g/mol. The number of imidazole rings is 1. The molecule has 0 radical (unpaired) electrons. The maximum Gasteiger partial charge on any atom is 0.139 e. The number of aromatic nitrogens is 2. The van der Waals surface area contributed by atoms with E-state index in [1.165, 1.54) is 12.3 Å². The van der Waals surface area contributed by atoms with Crippen molar-refractivity contribution in [1.29, 1.82) is 0 Å². The topological polar surface area (TPSA) is 38.6 Å². The summed E-state index contributed by atoms with van der Waals surface area (Å²) >= 11 is 0. The highest BCUT2D eigenvalue weighted by molar-refractivity contribution is 5.46. The Labute approximate surface area is 92.1 Å². The van der Waals surface area contributed by atoms with Crippen LogP contribution < -0.4 is 5.32 Å². The van der Waals surface area contributed by atoms with Crippen LogP contribution in [0.1, 0.15) is 11.9 Å². The van der Waals surface area contributed by atoms with Gasteiger partial charge in [-0.15, -0.1) is 0 Å². The minimum atomic E-state index is -0.261. The second kappa shape index (κ2) is 3.84. The molecule has 1 atom stereocenters. The molecule has 2 aromatic rings. The van der Waals surface area contributed by atoms with Crippen LogP contribution >= 0.6 is 0 Å². The Bertz CT molecular complexity index is 505. The van der Waals surface area contributed by atoms with Crippen molar-refractivity contribution >= 4 is 5.52 Å². The summed E-state index contributed by atoms with van der Waals surface area (Å²) in [6.07, 6.45) is 3.19. The first-order valence-corrected chi connectivity index (χ1v) is 5.28. The number of morpholine rings is 1. The molecule has 16 heavy (non-hydrogen) atoms. The summed E-state index contributed by atoms with van der Waals surface area (Å²) in [4.78, 5) is 4.31. The summed E-state index contributed by atoms with van der Waals surface area (Å²) in [5.41, 5.74) is 0.892. The summed E-state index contributed by atoms with van der Waals surface area (Å²) in [6.45, 7) is 2.10. The van der Waals surface area contributed by atoms with Crippen LogP contribution in [0, 0.1) is 5.82 Å². The molecule has 1 fully saturated rings. The lowest BCUT2D eigenvalue weighted by Gasteiger charge is -2.22. The molecule has 4 nitrogen and oxygen atoms in total. The zero-order valence-electron chi connectivity index (χ0n) is 8.69. The van der Waals surface area contributed by atoms with E-state index in [0.29, 0.717) is 13.2 Å². The summed E-state index contributed by atoms with van der Waals surface area (Å²) in [7, 11) is 0. The van der Waals surface area contributed by atoms with Gasteiger partial charge in [0.1, 0.15) is 11.6 Å². The van der Waals surface area contributed by atoms with Gasteiger partial charge >= 0.3 is 0 Å². The average molecular weight is 221 g/mol. The molecule has 1 saturated heterocycles. The van der Waals surface area contributed by atoms with Crippen molar-refractivity contribution in [2.24, 2.45) is 0 Å². The quantitative estimate of drug-likeness (QED) is 0.784. The van der Waals surface area contributed by atoms with Crippen LogP contribution in [0.25, 0.3) is 5.52 Å². The number of hydrogen-bond acceptors (Lipinski definition) is 3. The van der Waals surface area contributed by atoms with Crippen molar-refractivity contribution in [3.63, 3.8) is 0 Å². The Kier molecular flexibility index (Phi) is 2.34. The molecule has 1 aliphatic rings. The second-order valence-electron chi connectivity index (χ2n) is 3.84. The maximum absolute atomic E-state index is 13.2.